The minimum absolute atomic E-state index is 0.0650. The molecule has 136 valence electrons. The zero-order valence-electron chi connectivity index (χ0n) is 14.5. The average molecular weight is 368 g/mol. The first-order chi connectivity index (χ1) is 11.9. The first kappa shape index (κ1) is 19.3. The molecule has 0 aliphatic heterocycles. The molecular weight excluding hydrogens is 346 g/mol. The Morgan fingerprint density at radius 1 is 1.12 bits per heavy atom. The lowest BCUT2D eigenvalue weighted by molar-refractivity contribution is -0.0499. The van der Waals surface area contributed by atoms with Crippen molar-refractivity contribution in [3.05, 3.63) is 51.7 Å². The molecule has 0 N–H and O–H groups in total. The third kappa shape index (κ3) is 5.51. The van der Waals surface area contributed by atoms with Crippen LogP contribution < -0.4 is 4.74 Å². The maximum Gasteiger partial charge on any atom is 0.387 e. The van der Waals surface area contributed by atoms with Crippen molar-refractivity contribution in [3.8, 4) is 5.75 Å². The molecule has 2 rings (SSSR count). The maximum absolute atomic E-state index is 12.7. The summed E-state index contributed by atoms with van der Waals surface area (Å²) in [5.74, 6) is -0.365. The van der Waals surface area contributed by atoms with Crippen molar-refractivity contribution in [2.24, 2.45) is 0 Å². The Bertz CT molecular complexity index is 687. The van der Waals surface area contributed by atoms with Gasteiger partial charge >= 0.3 is 6.61 Å². The van der Waals surface area contributed by atoms with Crippen LogP contribution in [0.5, 0.6) is 5.75 Å². The molecule has 0 atom stereocenters. The van der Waals surface area contributed by atoms with Gasteiger partial charge in [-0.15, -0.1) is 11.3 Å². The van der Waals surface area contributed by atoms with Crippen molar-refractivity contribution >= 4 is 17.2 Å². The second-order valence-corrected chi connectivity index (χ2v) is 6.78. The number of halogens is 2. The Morgan fingerprint density at radius 2 is 1.72 bits per heavy atom. The molecule has 0 saturated heterocycles. The minimum Gasteiger partial charge on any atom is -0.433 e. The molecule has 1 aromatic heterocycles. The highest BCUT2D eigenvalue weighted by atomic mass is 32.1. The van der Waals surface area contributed by atoms with Crippen LogP contribution in [0, 0.1) is 0 Å². The maximum atomic E-state index is 12.7. The van der Waals surface area contributed by atoms with E-state index in [1.165, 1.54) is 11.6 Å². The standard InChI is InChI=1S/C18H22F2N2O2S/c1-4-22(12-14-7-5-13(6-8-14)11-21(2)3)17(23)16-15(9-10-25-16)24-18(19)20/h5-10,18H,4,11-12H2,1-3H3. The van der Waals surface area contributed by atoms with Crippen LogP contribution in [0.15, 0.2) is 35.7 Å². The van der Waals surface area contributed by atoms with Crippen LogP contribution in [-0.2, 0) is 13.1 Å². The van der Waals surface area contributed by atoms with E-state index in [0.717, 1.165) is 23.4 Å². The third-order valence-corrected chi connectivity index (χ3v) is 4.49. The van der Waals surface area contributed by atoms with E-state index < -0.39 is 6.61 Å². The van der Waals surface area contributed by atoms with Gasteiger partial charge in [0.2, 0.25) is 0 Å². The first-order valence-corrected chi connectivity index (χ1v) is 8.82. The molecule has 1 heterocycles. The van der Waals surface area contributed by atoms with Crippen LogP contribution in [0.2, 0.25) is 0 Å². The molecule has 0 aliphatic carbocycles. The summed E-state index contributed by atoms with van der Waals surface area (Å²) in [6.07, 6.45) is 0. The van der Waals surface area contributed by atoms with Crippen molar-refractivity contribution < 1.29 is 18.3 Å². The number of carbonyl (C=O) groups is 1. The fourth-order valence-corrected chi connectivity index (χ4v) is 3.24. The highest BCUT2D eigenvalue weighted by molar-refractivity contribution is 7.12. The summed E-state index contributed by atoms with van der Waals surface area (Å²) >= 11 is 1.11. The summed E-state index contributed by atoms with van der Waals surface area (Å²) in [6.45, 7) is 0.661. The monoisotopic (exact) mass is 368 g/mol. The molecule has 0 bridgehead atoms. The minimum atomic E-state index is -2.94. The summed E-state index contributed by atoms with van der Waals surface area (Å²) in [5.41, 5.74) is 2.18. The second-order valence-electron chi connectivity index (χ2n) is 5.87. The lowest BCUT2D eigenvalue weighted by atomic mass is 10.1. The number of alkyl halides is 2. The number of ether oxygens (including phenoxy) is 1. The Balaban J connectivity index is 2.09. The number of benzene rings is 1. The van der Waals surface area contributed by atoms with E-state index in [2.05, 4.69) is 9.64 Å². The number of amides is 1. The fraction of sp³-hybridized carbons (Fsp3) is 0.389. The van der Waals surface area contributed by atoms with E-state index >= 15 is 0 Å². The number of nitrogens with zero attached hydrogens (tertiary/aromatic N) is 2. The Kier molecular flexibility index (Phi) is 6.90. The highest BCUT2D eigenvalue weighted by Crippen LogP contribution is 2.28. The second kappa shape index (κ2) is 8.92. The molecular formula is C18H22F2N2O2S. The molecule has 0 spiro atoms. The highest BCUT2D eigenvalue weighted by Gasteiger charge is 2.22. The van der Waals surface area contributed by atoms with E-state index in [-0.39, 0.29) is 16.5 Å². The number of rotatable bonds is 8. The topological polar surface area (TPSA) is 32.8 Å². The molecule has 0 aliphatic rings. The predicted molar refractivity (Wildman–Crippen MR) is 95.2 cm³/mol. The lowest BCUT2D eigenvalue weighted by Crippen LogP contribution is -2.30. The molecule has 0 saturated carbocycles. The Morgan fingerprint density at radius 3 is 2.24 bits per heavy atom. The number of thiophene rings is 1. The van der Waals surface area contributed by atoms with Crippen LogP contribution in [0.25, 0.3) is 0 Å². The predicted octanol–water partition coefficient (Wildman–Crippen LogP) is 4.07. The van der Waals surface area contributed by atoms with Gasteiger partial charge in [-0.1, -0.05) is 24.3 Å². The van der Waals surface area contributed by atoms with Gasteiger partial charge in [-0.25, -0.2) is 0 Å². The number of carbonyl (C=O) groups excluding carboxylic acids is 1. The summed E-state index contributed by atoms with van der Waals surface area (Å²) in [7, 11) is 4.01. The van der Waals surface area contributed by atoms with Crippen molar-refractivity contribution in [2.45, 2.75) is 26.6 Å². The largest absolute Gasteiger partial charge is 0.433 e. The third-order valence-electron chi connectivity index (χ3n) is 3.60. The van der Waals surface area contributed by atoms with Gasteiger partial charge < -0.3 is 14.5 Å². The zero-order valence-corrected chi connectivity index (χ0v) is 15.4. The Labute approximate surface area is 150 Å². The van der Waals surface area contributed by atoms with E-state index in [4.69, 9.17) is 0 Å². The number of hydrogen-bond donors (Lipinski definition) is 0. The molecule has 0 unspecified atom stereocenters. The molecule has 1 aromatic carbocycles. The zero-order chi connectivity index (χ0) is 18.4. The lowest BCUT2D eigenvalue weighted by Gasteiger charge is -2.21. The van der Waals surface area contributed by atoms with E-state index in [9.17, 15) is 13.6 Å². The molecule has 2 aromatic rings. The van der Waals surface area contributed by atoms with Crippen LogP contribution in [0.3, 0.4) is 0 Å². The normalized spacial score (nSPS) is 11.2. The quantitative estimate of drug-likeness (QED) is 0.704. The van der Waals surface area contributed by atoms with Gasteiger partial charge in [0.05, 0.1) is 0 Å². The van der Waals surface area contributed by atoms with Crippen molar-refractivity contribution in [1.29, 1.82) is 0 Å². The van der Waals surface area contributed by atoms with Crippen LogP contribution >= 0.6 is 11.3 Å². The van der Waals surface area contributed by atoms with Gasteiger partial charge in [-0.05, 0) is 43.6 Å². The van der Waals surface area contributed by atoms with Crippen molar-refractivity contribution in [2.75, 3.05) is 20.6 Å². The van der Waals surface area contributed by atoms with Gasteiger partial charge in [0.25, 0.3) is 5.91 Å². The molecule has 25 heavy (non-hydrogen) atoms. The summed E-state index contributed by atoms with van der Waals surface area (Å²) < 4.78 is 29.3. The smallest absolute Gasteiger partial charge is 0.387 e. The van der Waals surface area contributed by atoms with E-state index in [1.807, 2.05) is 45.3 Å². The van der Waals surface area contributed by atoms with Gasteiger partial charge in [0.15, 0.2) is 0 Å². The molecule has 1 amide bonds. The van der Waals surface area contributed by atoms with Crippen molar-refractivity contribution in [3.63, 3.8) is 0 Å². The van der Waals surface area contributed by atoms with Gasteiger partial charge in [0, 0.05) is 19.6 Å². The van der Waals surface area contributed by atoms with E-state index in [0.29, 0.717) is 13.1 Å². The van der Waals surface area contributed by atoms with Crippen LogP contribution in [0.1, 0.15) is 27.7 Å². The molecule has 0 radical (unpaired) electrons. The summed E-state index contributed by atoms with van der Waals surface area (Å²) in [6, 6.07) is 9.43. The van der Waals surface area contributed by atoms with Crippen LogP contribution in [-0.4, -0.2) is 43.0 Å². The summed E-state index contributed by atoms with van der Waals surface area (Å²) in [5, 5.41) is 1.58. The molecule has 7 heteroatoms. The van der Waals surface area contributed by atoms with Crippen LogP contribution in [0.4, 0.5) is 8.78 Å². The fourth-order valence-electron chi connectivity index (χ4n) is 2.45. The average Bonchev–Trinajstić information content (AvgIpc) is 3.00. The van der Waals surface area contributed by atoms with Gasteiger partial charge in [0.1, 0.15) is 10.6 Å². The first-order valence-electron chi connectivity index (χ1n) is 7.94. The SMILES string of the molecule is CCN(Cc1ccc(CN(C)C)cc1)C(=O)c1sccc1OC(F)F. The number of hydrogen-bond acceptors (Lipinski definition) is 4. The van der Waals surface area contributed by atoms with Crippen molar-refractivity contribution in [1.82, 2.24) is 9.80 Å². The van der Waals surface area contributed by atoms with Gasteiger partial charge in [-0.3, -0.25) is 4.79 Å². The molecule has 0 fully saturated rings. The van der Waals surface area contributed by atoms with E-state index in [1.54, 1.807) is 10.3 Å². The summed E-state index contributed by atoms with van der Waals surface area (Å²) in [4.78, 5) is 16.6. The Hall–Kier alpha value is -1.99. The molecule has 4 nitrogen and oxygen atoms in total. The van der Waals surface area contributed by atoms with Gasteiger partial charge in [-0.2, -0.15) is 8.78 Å².